The fourth-order valence-corrected chi connectivity index (χ4v) is 3.67. The van der Waals surface area contributed by atoms with E-state index in [1.165, 1.54) is 0 Å². The van der Waals surface area contributed by atoms with Gasteiger partial charge >= 0.3 is 0 Å². The number of halogens is 3. The predicted molar refractivity (Wildman–Crippen MR) is 102 cm³/mol. The number of imidazole rings is 1. The molecule has 8 heteroatoms. The van der Waals surface area contributed by atoms with Crippen LogP contribution >= 0.6 is 44.3 Å². The standard InChI is InChI=1S/C15H17Br2N5.ClH/c1-8(2)22-12-5-11(16)13(17)10(6-18)14(12)21-15(22)20-9-3-4-19-7-9;/h5,8-9,19H,3-4,7H2,1-2H3,(H,20,21);1H/t9-;/m1./s1. The Bertz CT molecular complexity index is 760. The maximum atomic E-state index is 9.48. The quantitative estimate of drug-likeness (QED) is 0.716. The van der Waals surface area contributed by atoms with Crippen molar-refractivity contribution in [3.8, 4) is 6.07 Å². The largest absolute Gasteiger partial charge is 0.352 e. The second-order valence-corrected chi connectivity index (χ2v) is 7.41. The molecular weight excluding hydrogens is 445 g/mol. The Hall–Kier alpha value is -0.810. The van der Waals surface area contributed by atoms with Crippen molar-refractivity contribution in [1.82, 2.24) is 14.9 Å². The van der Waals surface area contributed by atoms with Crippen molar-refractivity contribution in [2.45, 2.75) is 32.4 Å². The van der Waals surface area contributed by atoms with Crippen molar-refractivity contribution < 1.29 is 0 Å². The minimum absolute atomic E-state index is 0. The van der Waals surface area contributed by atoms with Crippen LogP contribution in [0.3, 0.4) is 0 Å². The number of benzene rings is 1. The van der Waals surface area contributed by atoms with Gasteiger partial charge in [-0.15, -0.1) is 12.4 Å². The highest BCUT2D eigenvalue weighted by Crippen LogP contribution is 2.36. The van der Waals surface area contributed by atoms with Crippen LogP contribution in [-0.2, 0) is 0 Å². The average molecular weight is 464 g/mol. The molecule has 1 saturated heterocycles. The molecule has 0 aliphatic carbocycles. The SMILES string of the molecule is CC(C)n1c(N[C@@H]2CCNC2)nc2c(C#N)c(Br)c(Br)cc21.Cl. The van der Waals surface area contributed by atoms with Gasteiger partial charge in [-0.25, -0.2) is 4.98 Å². The third kappa shape index (κ3) is 3.36. The molecule has 3 rings (SSSR count). The molecule has 0 saturated carbocycles. The second-order valence-electron chi connectivity index (χ2n) is 5.76. The normalized spacial score (nSPS) is 17.3. The molecule has 5 nitrogen and oxygen atoms in total. The summed E-state index contributed by atoms with van der Waals surface area (Å²) in [6.45, 7) is 6.22. The van der Waals surface area contributed by atoms with Crippen molar-refractivity contribution in [3.63, 3.8) is 0 Å². The molecule has 1 aliphatic rings. The van der Waals surface area contributed by atoms with Crippen molar-refractivity contribution in [3.05, 3.63) is 20.6 Å². The molecule has 1 atom stereocenters. The first-order chi connectivity index (χ1) is 10.5. The fraction of sp³-hybridized carbons (Fsp3) is 0.467. The van der Waals surface area contributed by atoms with Crippen LogP contribution in [0.15, 0.2) is 15.0 Å². The molecule has 124 valence electrons. The van der Waals surface area contributed by atoms with E-state index in [2.05, 4.69) is 67.0 Å². The Balaban J connectivity index is 0.00000192. The van der Waals surface area contributed by atoms with E-state index < -0.39 is 0 Å². The summed E-state index contributed by atoms with van der Waals surface area (Å²) in [4.78, 5) is 4.72. The zero-order valence-electron chi connectivity index (χ0n) is 12.9. The van der Waals surface area contributed by atoms with Crippen LogP contribution in [0.5, 0.6) is 0 Å². The first-order valence-electron chi connectivity index (χ1n) is 7.30. The van der Waals surface area contributed by atoms with Crippen LogP contribution in [0.4, 0.5) is 5.95 Å². The summed E-state index contributed by atoms with van der Waals surface area (Å²) in [6, 6.07) is 4.91. The third-order valence-corrected chi connectivity index (χ3v) is 5.88. The van der Waals surface area contributed by atoms with Gasteiger partial charge in [0.05, 0.1) is 15.6 Å². The molecule has 0 bridgehead atoms. The Labute approximate surface area is 158 Å². The summed E-state index contributed by atoms with van der Waals surface area (Å²) in [5.41, 5.74) is 2.27. The Morgan fingerprint density at radius 2 is 2.22 bits per heavy atom. The number of hydrogen-bond donors (Lipinski definition) is 2. The second kappa shape index (κ2) is 7.39. The zero-order chi connectivity index (χ0) is 15.9. The zero-order valence-corrected chi connectivity index (χ0v) is 16.8. The topological polar surface area (TPSA) is 65.7 Å². The van der Waals surface area contributed by atoms with Gasteiger partial charge in [-0.05, 0) is 64.7 Å². The van der Waals surface area contributed by atoms with Crippen molar-refractivity contribution >= 4 is 61.2 Å². The van der Waals surface area contributed by atoms with E-state index in [1.54, 1.807) is 0 Å². The summed E-state index contributed by atoms with van der Waals surface area (Å²) >= 11 is 6.99. The number of fused-ring (bicyclic) bond motifs is 1. The molecular formula is C15H18Br2ClN5. The van der Waals surface area contributed by atoms with Gasteiger partial charge in [-0.3, -0.25) is 0 Å². The smallest absolute Gasteiger partial charge is 0.204 e. The van der Waals surface area contributed by atoms with Gasteiger partial charge < -0.3 is 15.2 Å². The summed E-state index contributed by atoms with van der Waals surface area (Å²) in [7, 11) is 0. The van der Waals surface area contributed by atoms with Gasteiger partial charge in [0.15, 0.2) is 0 Å². The Kier molecular flexibility index (Phi) is 5.95. The average Bonchev–Trinajstić information content (AvgIpc) is 3.08. The lowest BCUT2D eigenvalue weighted by molar-refractivity contribution is 0.615. The van der Waals surface area contributed by atoms with Gasteiger partial charge in [0.1, 0.15) is 11.6 Å². The lowest BCUT2D eigenvalue weighted by atomic mass is 10.2. The van der Waals surface area contributed by atoms with Gasteiger partial charge in [0, 0.05) is 23.1 Å². The number of anilines is 1. The number of rotatable bonds is 3. The van der Waals surface area contributed by atoms with E-state index in [9.17, 15) is 5.26 Å². The van der Waals surface area contributed by atoms with Crippen LogP contribution in [0, 0.1) is 11.3 Å². The van der Waals surface area contributed by atoms with Crippen LogP contribution in [-0.4, -0.2) is 28.7 Å². The maximum Gasteiger partial charge on any atom is 0.204 e. The molecule has 1 fully saturated rings. The Morgan fingerprint density at radius 1 is 1.48 bits per heavy atom. The van der Waals surface area contributed by atoms with E-state index in [0.29, 0.717) is 11.6 Å². The molecule has 2 heterocycles. The molecule has 2 N–H and O–H groups in total. The van der Waals surface area contributed by atoms with Crippen molar-refractivity contribution in [2.75, 3.05) is 18.4 Å². The number of nitrogens with zero attached hydrogens (tertiary/aromatic N) is 3. The van der Waals surface area contributed by atoms with E-state index in [-0.39, 0.29) is 18.4 Å². The number of aromatic nitrogens is 2. The van der Waals surface area contributed by atoms with Crippen LogP contribution in [0.25, 0.3) is 11.0 Å². The van der Waals surface area contributed by atoms with Gasteiger partial charge in [-0.1, -0.05) is 0 Å². The highest BCUT2D eigenvalue weighted by Gasteiger charge is 2.22. The summed E-state index contributed by atoms with van der Waals surface area (Å²) in [5, 5.41) is 16.4. The number of hydrogen-bond acceptors (Lipinski definition) is 4. The molecule has 1 aromatic heterocycles. The summed E-state index contributed by atoms with van der Waals surface area (Å²) in [5.74, 6) is 0.834. The minimum Gasteiger partial charge on any atom is -0.352 e. The van der Waals surface area contributed by atoms with Gasteiger partial charge in [-0.2, -0.15) is 5.26 Å². The maximum absolute atomic E-state index is 9.48. The lowest BCUT2D eigenvalue weighted by Crippen LogP contribution is -2.24. The minimum atomic E-state index is 0. The predicted octanol–water partition coefficient (Wildman–Crippen LogP) is 4.21. The van der Waals surface area contributed by atoms with E-state index >= 15 is 0 Å². The molecule has 0 unspecified atom stereocenters. The number of nitriles is 1. The Morgan fingerprint density at radius 3 is 2.78 bits per heavy atom. The molecule has 1 aromatic carbocycles. The monoisotopic (exact) mass is 461 g/mol. The molecule has 23 heavy (non-hydrogen) atoms. The molecule has 1 aliphatic heterocycles. The van der Waals surface area contributed by atoms with E-state index in [4.69, 9.17) is 4.98 Å². The molecule has 0 spiro atoms. The first kappa shape index (κ1) is 18.5. The molecule has 0 amide bonds. The van der Waals surface area contributed by atoms with Gasteiger partial charge in [0.25, 0.3) is 0 Å². The molecule has 0 radical (unpaired) electrons. The highest BCUT2D eigenvalue weighted by molar-refractivity contribution is 9.13. The first-order valence-corrected chi connectivity index (χ1v) is 8.88. The van der Waals surface area contributed by atoms with Crippen LogP contribution in [0.2, 0.25) is 0 Å². The third-order valence-electron chi connectivity index (χ3n) is 3.90. The van der Waals surface area contributed by atoms with Crippen LogP contribution < -0.4 is 10.6 Å². The van der Waals surface area contributed by atoms with E-state index in [1.807, 2.05) is 6.07 Å². The number of nitrogens with one attached hydrogen (secondary N) is 2. The highest BCUT2D eigenvalue weighted by atomic mass is 79.9. The lowest BCUT2D eigenvalue weighted by Gasteiger charge is -2.17. The van der Waals surface area contributed by atoms with Crippen molar-refractivity contribution in [2.24, 2.45) is 0 Å². The summed E-state index contributed by atoms with van der Waals surface area (Å²) < 4.78 is 3.78. The van der Waals surface area contributed by atoms with E-state index in [0.717, 1.165) is 45.4 Å². The van der Waals surface area contributed by atoms with Gasteiger partial charge in [0.2, 0.25) is 5.95 Å². The van der Waals surface area contributed by atoms with Crippen molar-refractivity contribution in [1.29, 1.82) is 5.26 Å². The summed E-state index contributed by atoms with van der Waals surface area (Å²) in [6.07, 6.45) is 1.08. The fourth-order valence-electron chi connectivity index (χ4n) is 2.86. The molecule has 2 aromatic rings. The van der Waals surface area contributed by atoms with Crippen LogP contribution in [0.1, 0.15) is 31.9 Å².